The van der Waals surface area contributed by atoms with Gasteiger partial charge in [0.05, 0.1) is 28.0 Å². The van der Waals surface area contributed by atoms with Gasteiger partial charge >= 0.3 is 5.97 Å². The van der Waals surface area contributed by atoms with Crippen LogP contribution in [-0.2, 0) is 4.74 Å². The van der Waals surface area contributed by atoms with Gasteiger partial charge in [0.25, 0.3) is 0 Å². The number of hydrogen-bond acceptors (Lipinski definition) is 5. The topological polar surface area (TPSA) is 93.9 Å². The van der Waals surface area contributed by atoms with Gasteiger partial charge in [0, 0.05) is 16.8 Å². The predicted octanol–water partition coefficient (Wildman–Crippen LogP) is 4.62. The maximum absolute atomic E-state index is 12.5. The molecule has 0 fully saturated rings. The number of esters is 1. The first-order chi connectivity index (χ1) is 12.4. The van der Waals surface area contributed by atoms with Crippen LogP contribution in [0.2, 0.25) is 5.02 Å². The first-order valence-corrected chi connectivity index (χ1v) is 9.02. The molecule has 2 heterocycles. The molecule has 0 saturated carbocycles. The second-order valence-corrected chi connectivity index (χ2v) is 6.87. The monoisotopic (exact) mass is 434 g/mol. The molecule has 6 nitrogen and oxygen atoms in total. The number of anilines is 1. The van der Waals surface area contributed by atoms with E-state index in [2.05, 4.69) is 30.9 Å². The Bertz CT molecular complexity index is 987. The smallest absolute Gasteiger partial charge is 0.340 e. The summed E-state index contributed by atoms with van der Waals surface area (Å²) in [7, 11) is 0. The fourth-order valence-corrected chi connectivity index (χ4v) is 3.17. The van der Waals surface area contributed by atoms with E-state index in [9.17, 15) is 4.79 Å². The number of halogens is 2. The Labute approximate surface area is 163 Å². The third-order valence-electron chi connectivity index (χ3n) is 3.80. The summed E-state index contributed by atoms with van der Waals surface area (Å²) in [6.07, 6.45) is 1.56. The zero-order valence-electron chi connectivity index (χ0n) is 14.1. The van der Waals surface area contributed by atoms with Crippen LogP contribution in [0.4, 0.5) is 5.95 Å². The lowest BCUT2D eigenvalue weighted by Gasteiger charge is -2.08. The van der Waals surface area contributed by atoms with Crippen LogP contribution in [0.1, 0.15) is 22.8 Å². The summed E-state index contributed by atoms with van der Waals surface area (Å²) in [6, 6.07) is 7.19. The van der Waals surface area contributed by atoms with Gasteiger partial charge in [-0.3, -0.25) is 0 Å². The van der Waals surface area contributed by atoms with Gasteiger partial charge in [0.2, 0.25) is 5.95 Å². The van der Waals surface area contributed by atoms with Crippen molar-refractivity contribution in [3.05, 3.63) is 51.1 Å². The number of rotatable bonds is 4. The van der Waals surface area contributed by atoms with E-state index in [4.69, 9.17) is 22.1 Å². The average Bonchev–Trinajstić information content (AvgIpc) is 3.04. The molecular formula is C18H16BrClN4O2. The number of aryl methyl sites for hydroxylation is 1. The minimum atomic E-state index is -0.428. The zero-order chi connectivity index (χ0) is 18.8. The van der Waals surface area contributed by atoms with E-state index in [1.165, 1.54) is 0 Å². The number of carbonyl (C=O) groups excluding carboxylic acids is 1. The van der Waals surface area contributed by atoms with E-state index in [1.54, 1.807) is 31.3 Å². The number of aromatic nitrogens is 3. The van der Waals surface area contributed by atoms with E-state index < -0.39 is 5.97 Å². The molecule has 0 saturated heterocycles. The van der Waals surface area contributed by atoms with Crippen molar-refractivity contribution in [3.8, 4) is 22.6 Å². The van der Waals surface area contributed by atoms with Gasteiger partial charge in [-0.05, 0) is 53.5 Å². The average molecular weight is 436 g/mol. The quantitative estimate of drug-likeness (QED) is 0.583. The number of nitrogen functional groups attached to an aromatic ring is 1. The van der Waals surface area contributed by atoms with Crippen LogP contribution in [0.5, 0.6) is 0 Å². The van der Waals surface area contributed by atoms with Crippen molar-refractivity contribution >= 4 is 39.4 Å². The Balaban J connectivity index is 2.22. The van der Waals surface area contributed by atoms with E-state index in [1.807, 2.05) is 13.0 Å². The zero-order valence-corrected chi connectivity index (χ0v) is 16.5. The number of aromatic amines is 1. The summed E-state index contributed by atoms with van der Waals surface area (Å²) in [5.41, 5.74) is 9.66. The second-order valence-electron chi connectivity index (χ2n) is 5.58. The number of nitrogens with two attached hydrogens (primary N) is 1. The SMILES string of the molecule is CCOC(=O)c1cc(-c2nc(N)ncc2Br)[nH]c1-c1cc(Cl)ccc1C. The third-order valence-corrected chi connectivity index (χ3v) is 4.62. The highest BCUT2D eigenvalue weighted by atomic mass is 79.9. The number of H-pyrrole nitrogens is 1. The van der Waals surface area contributed by atoms with Crippen LogP contribution in [0.15, 0.2) is 34.9 Å². The second kappa shape index (κ2) is 7.47. The molecule has 3 N–H and O–H groups in total. The highest BCUT2D eigenvalue weighted by Gasteiger charge is 2.21. The molecule has 3 rings (SSSR count). The molecule has 0 bridgehead atoms. The summed E-state index contributed by atoms with van der Waals surface area (Å²) < 4.78 is 5.85. The fourth-order valence-electron chi connectivity index (χ4n) is 2.60. The van der Waals surface area contributed by atoms with Crippen molar-refractivity contribution in [1.29, 1.82) is 0 Å². The Morgan fingerprint density at radius 1 is 1.38 bits per heavy atom. The third kappa shape index (κ3) is 3.59. The first-order valence-electron chi connectivity index (χ1n) is 7.85. The lowest BCUT2D eigenvalue weighted by molar-refractivity contribution is 0.0527. The number of nitrogens with zero attached hydrogens (tertiary/aromatic N) is 2. The number of nitrogens with one attached hydrogen (secondary N) is 1. The number of benzene rings is 1. The largest absolute Gasteiger partial charge is 0.462 e. The molecule has 2 aromatic heterocycles. The van der Waals surface area contributed by atoms with Gasteiger partial charge in [-0.1, -0.05) is 17.7 Å². The van der Waals surface area contributed by atoms with E-state index >= 15 is 0 Å². The lowest BCUT2D eigenvalue weighted by Crippen LogP contribution is -2.05. The molecule has 1 aromatic carbocycles. The van der Waals surface area contributed by atoms with Crippen LogP contribution < -0.4 is 5.73 Å². The molecule has 0 aliphatic rings. The summed E-state index contributed by atoms with van der Waals surface area (Å²) >= 11 is 9.57. The molecular weight excluding hydrogens is 420 g/mol. The van der Waals surface area contributed by atoms with Crippen molar-refractivity contribution in [2.45, 2.75) is 13.8 Å². The minimum Gasteiger partial charge on any atom is -0.462 e. The van der Waals surface area contributed by atoms with E-state index in [0.717, 1.165) is 11.1 Å². The number of carbonyl (C=O) groups is 1. The maximum Gasteiger partial charge on any atom is 0.340 e. The molecule has 0 aliphatic heterocycles. The summed E-state index contributed by atoms with van der Waals surface area (Å²) in [5, 5.41) is 0.573. The van der Waals surface area contributed by atoms with Gasteiger partial charge in [0.15, 0.2) is 0 Å². The van der Waals surface area contributed by atoms with E-state index in [0.29, 0.717) is 32.1 Å². The van der Waals surface area contributed by atoms with Gasteiger partial charge in [-0.25, -0.2) is 14.8 Å². The molecule has 26 heavy (non-hydrogen) atoms. The first kappa shape index (κ1) is 18.4. The van der Waals surface area contributed by atoms with Crippen LogP contribution in [0, 0.1) is 6.92 Å². The Morgan fingerprint density at radius 3 is 2.88 bits per heavy atom. The van der Waals surface area contributed by atoms with Crippen molar-refractivity contribution in [3.63, 3.8) is 0 Å². The molecule has 8 heteroatoms. The Morgan fingerprint density at radius 2 is 2.15 bits per heavy atom. The van der Waals surface area contributed by atoms with Gasteiger partial charge < -0.3 is 15.5 Å². The minimum absolute atomic E-state index is 0.135. The highest BCUT2D eigenvalue weighted by Crippen LogP contribution is 2.34. The molecule has 0 spiro atoms. The van der Waals surface area contributed by atoms with E-state index in [-0.39, 0.29) is 12.6 Å². The van der Waals surface area contributed by atoms with Crippen molar-refractivity contribution in [2.24, 2.45) is 0 Å². The van der Waals surface area contributed by atoms with Crippen molar-refractivity contribution in [2.75, 3.05) is 12.3 Å². The van der Waals surface area contributed by atoms with Crippen LogP contribution >= 0.6 is 27.5 Å². The Hall–Kier alpha value is -2.38. The van der Waals surface area contributed by atoms with Crippen LogP contribution in [-0.4, -0.2) is 27.5 Å². The van der Waals surface area contributed by atoms with Gasteiger partial charge in [0.1, 0.15) is 5.69 Å². The van der Waals surface area contributed by atoms with Crippen LogP contribution in [0.3, 0.4) is 0 Å². The number of hydrogen-bond donors (Lipinski definition) is 2. The number of ether oxygens (including phenoxy) is 1. The predicted molar refractivity (Wildman–Crippen MR) is 105 cm³/mol. The summed E-state index contributed by atoms with van der Waals surface area (Å²) in [6.45, 7) is 3.98. The highest BCUT2D eigenvalue weighted by molar-refractivity contribution is 9.10. The Kier molecular flexibility index (Phi) is 5.29. The van der Waals surface area contributed by atoms with Gasteiger partial charge in [-0.2, -0.15) is 0 Å². The summed E-state index contributed by atoms with van der Waals surface area (Å²) in [4.78, 5) is 23.9. The molecule has 0 radical (unpaired) electrons. The normalized spacial score (nSPS) is 10.8. The molecule has 0 atom stereocenters. The lowest BCUT2D eigenvalue weighted by atomic mass is 10.0. The molecule has 134 valence electrons. The van der Waals surface area contributed by atoms with Gasteiger partial charge in [-0.15, -0.1) is 0 Å². The standard InChI is InChI=1S/C18H16BrClN4O2/c1-3-26-17(25)12-7-14(16-13(19)8-22-18(21)24-16)23-15(12)11-6-10(20)5-4-9(11)2/h4-8,23H,3H2,1-2H3,(H2,21,22,24). The maximum atomic E-state index is 12.5. The fraction of sp³-hybridized carbons (Fsp3) is 0.167. The van der Waals surface area contributed by atoms with Crippen molar-refractivity contribution < 1.29 is 9.53 Å². The van der Waals surface area contributed by atoms with Crippen molar-refractivity contribution in [1.82, 2.24) is 15.0 Å². The molecule has 0 unspecified atom stereocenters. The molecule has 0 amide bonds. The van der Waals surface area contributed by atoms with Crippen LogP contribution in [0.25, 0.3) is 22.6 Å². The molecule has 3 aromatic rings. The molecule has 0 aliphatic carbocycles. The summed E-state index contributed by atoms with van der Waals surface area (Å²) in [5.74, 6) is -0.293.